The van der Waals surface area contributed by atoms with E-state index in [4.69, 9.17) is 9.15 Å². The van der Waals surface area contributed by atoms with Crippen LogP contribution in [0.5, 0.6) is 5.75 Å². The van der Waals surface area contributed by atoms with Crippen LogP contribution in [0.15, 0.2) is 95.3 Å². The van der Waals surface area contributed by atoms with Gasteiger partial charge in [-0.15, -0.1) is 0 Å². The van der Waals surface area contributed by atoms with E-state index in [9.17, 15) is 9.90 Å². The summed E-state index contributed by atoms with van der Waals surface area (Å²) in [5.74, 6) is -4.85. The van der Waals surface area contributed by atoms with Crippen LogP contribution in [0.25, 0.3) is 0 Å². The number of para-hydroxylation sites is 1. The molecule has 0 aliphatic carbocycles. The number of halogens is 3. The zero-order valence-corrected chi connectivity index (χ0v) is 22.9. The van der Waals surface area contributed by atoms with Gasteiger partial charge < -0.3 is 19.6 Å². The van der Waals surface area contributed by atoms with E-state index in [-0.39, 0.29) is 46.2 Å². The molecule has 10 heteroatoms. The number of nitrogens with one attached hydrogen (secondary N) is 1. The first-order valence-corrected chi connectivity index (χ1v) is 13.4. The molecule has 216 valence electrons. The van der Waals surface area contributed by atoms with Gasteiger partial charge in [0.1, 0.15) is 35.3 Å². The highest BCUT2D eigenvalue weighted by atomic mass is 19.3. The van der Waals surface area contributed by atoms with Crippen molar-refractivity contribution in [3.63, 3.8) is 0 Å². The topological polar surface area (TPSA) is 87.8 Å². The van der Waals surface area contributed by atoms with Gasteiger partial charge >= 0.3 is 0 Å². The predicted molar refractivity (Wildman–Crippen MR) is 150 cm³/mol. The third-order valence-corrected chi connectivity index (χ3v) is 7.49. The number of amides is 1. The fraction of sp³-hybridized carbons (Fsp3) is 0.250. The lowest BCUT2D eigenvalue weighted by Crippen LogP contribution is -2.39. The van der Waals surface area contributed by atoms with Crippen molar-refractivity contribution in [1.29, 1.82) is 0 Å². The Balaban J connectivity index is 1.52. The molecule has 6 rings (SSSR count). The fourth-order valence-electron chi connectivity index (χ4n) is 5.47. The van der Waals surface area contributed by atoms with Crippen molar-refractivity contribution >= 4 is 17.3 Å². The molecule has 1 amide bonds. The average molecular weight is 576 g/mol. The van der Waals surface area contributed by atoms with Gasteiger partial charge in [-0.2, -0.15) is 0 Å². The van der Waals surface area contributed by atoms with Crippen LogP contribution in [0.2, 0.25) is 0 Å². The molecule has 2 N–H and O–H groups in total. The minimum absolute atomic E-state index is 0.0590. The summed E-state index contributed by atoms with van der Waals surface area (Å²) in [7, 11) is 0. The molecule has 2 aliphatic rings. The second kappa shape index (κ2) is 10.3. The van der Waals surface area contributed by atoms with Crippen LogP contribution in [0, 0.1) is 11.2 Å². The summed E-state index contributed by atoms with van der Waals surface area (Å²) in [5.41, 5.74) is 0.444. The first-order chi connectivity index (χ1) is 20.0. The van der Waals surface area contributed by atoms with Crippen LogP contribution in [0.3, 0.4) is 0 Å². The standard InChI is InChI=1S/C32H28F3N3O4/c1-31(2)15-23-29(42-17-31)28(21-12-11-20(13-22(21)33)32(34,35)14-19-7-4-3-5-8-19)38(30(40)24-16-41-18-36-24)25-9-6-10-26(39)27(25)37-23/h3-13,16,18,28,37,39H,14-15,17H2,1-2H3. The molecule has 0 saturated carbocycles. The van der Waals surface area contributed by atoms with Crippen LogP contribution < -0.4 is 10.2 Å². The number of carbonyl (C=O) groups is 1. The molecule has 3 heterocycles. The van der Waals surface area contributed by atoms with Gasteiger partial charge in [0.05, 0.1) is 18.0 Å². The molecule has 0 spiro atoms. The lowest BCUT2D eigenvalue weighted by Gasteiger charge is -2.37. The number of hydrogen-bond donors (Lipinski definition) is 2. The lowest BCUT2D eigenvalue weighted by molar-refractivity contribution is -0.00417. The number of alkyl halides is 2. The quantitative estimate of drug-likeness (QED) is 0.243. The molecule has 0 radical (unpaired) electrons. The number of phenols is 1. The van der Waals surface area contributed by atoms with Crippen LogP contribution in [-0.4, -0.2) is 22.6 Å². The average Bonchev–Trinajstić information content (AvgIpc) is 3.44. The maximum atomic E-state index is 16.1. The highest BCUT2D eigenvalue weighted by Crippen LogP contribution is 2.50. The molecule has 7 nitrogen and oxygen atoms in total. The number of phenolic OH excluding ortho intramolecular Hbond substituents is 1. The fourth-order valence-corrected chi connectivity index (χ4v) is 5.47. The molecule has 0 saturated heterocycles. The van der Waals surface area contributed by atoms with Crippen molar-refractivity contribution in [2.45, 2.75) is 38.7 Å². The maximum Gasteiger partial charge on any atom is 0.281 e. The molecule has 2 aliphatic heterocycles. The Morgan fingerprint density at radius 2 is 1.93 bits per heavy atom. The van der Waals surface area contributed by atoms with Crippen LogP contribution in [-0.2, 0) is 17.1 Å². The van der Waals surface area contributed by atoms with Gasteiger partial charge in [0.2, 0.25) is 0 Å². The Hall–Kier alpha value is -4.73. The Morgan fingerprint density at radius 3 is 2.64 bits per heavy atom. The zero-order chi connectivity index (χ0) is 29.6. The van der Waals surface area contributed by atoms with E-state index < -0.39 is 35.7 Å². The number of anilines is 2. The number of benzene rings is 3. The van der Waals surface area contributed by atoms with E-state index in [0.29, 0.717) is 17.7 Å². The van der Waals surface area contributed by atoms with E-state index >= 15 is 13.2 Å². The normalized spacial score (nSPS) is 17.9. The van der Waals surface area contributed by atoms with Crippen molar-refractivity contribution in [1.82, 2.24) is 4.98 Å². The van der Waals surface area contributed by atoms with E-state index in [0.717, 1.165) is 18.7 Å². The summed E-state index contributed by atoms with van der Waals surface area (Å²) in [6, 6.07) is 14.9. The number of ether oxygens (including phenoxy) is 1. The minimum Gasteiger partial charge on any atom is -0.506 e. The summed E-state index contributed by atoms with van der Waals surface area (Å²) in [6.07, 6.45) is 2.10. The van der Waals surface area contributed by atoms with Crippen LogP contribution in [0.1, 0.15) is 53.5 Å². The summed E-state index contributed by atoms with van der Waals surface area (Å²) in [5, 5.41) is 14.1. The SMILES string of the molecule is CC1(C)COC2=C(C1)Nc1c(O)cccc1N(C(=O)c1cocn1)C2c1ccc(C(F)(F)Cc2ccccc2)cc1F. The van der Waals surface area contributed by atoms with Gasteiger partial charge in [-0.05, 0) is 30.2 Å². The van der Waals surface area contributed by atoms with E-state index in [1.54, 1.807) is 42.5 Å². The number of fused-ring (bicyclic) bond motifs is 1. The van der Waals surface area contributed by atoms with E-state index in [1.165, 1.54) is 23.1 Å². The third-order valence-electron chi connectivity index (χ3n) is 7.49. The molecule has 0 bridgehead atoms. The number of allylic oxidation sites excluding steroid dienone is 1. The highest BCUT2D eigenvalue weighted by molar-refractivity contribution is 6.08. The van der Waals surface area contributed by atoms with Gasteiger partial charge in [-0.3, -0.25) is 9.69 Å². The summed E-state index contributed by atoms with van der Waals surface area (Å²) >= 11 is 0. The van der Waals surface area contributed by atoms with Gasteiger partial charge in [-0.1, -0.05) is 62.4 Å². The lowest BCUT2D eigenvalue weighted by atomic mass is 9.85. The highest BCUT2D eigenvalue weighted by Gasteiger charge is 2.44. The number of carbonyl (C=O) groups excluding carboxylic acids is 1. The predicted octanol–water partition coefficient (Wildman–Crippen LogP) is 7.33. The summed E-state index contributed by atoms with van der Waals surface area (Å²) in [6.45, 7) is 4.24. The number of oxazole rings is 1. The van der Waals surface area contributed by atoms with Gasteiger partial charge in [0, 0.05) is 23.0 Å². The summed E-state index contributed by atoms with van der Waals surface area (Å²) in [4.78, 5) is 19.2. The molecule has 3 aromatic carbocycles. The third kappa shape index (κ3) is 4.97. The monoisotopic (exact) mass is 575 g/mol. The molecule has 0 fully saturated rings. The van der Waals surface area contributed by atoms with Crippen molar-refractivity contribution < 1.29 is 32.2 Å². The minimum atomic E-state index is -3.35. The van der Waals surface area contributed by atoms with Crippen molar-refractivity contribution in [2.24, 2.45) is 5.41 Å². The van der Waals surface area contributed by atoms with Gasteiger partial charge in [-0.25, -0.2) is 18.2 Å². The first-order valence-electron chi connectivity index (χ1n) is 13.4. The maximum absolute atomic E-state index is 16.1. The molecule has 1 aromatic heterocycles. The molecule has 42 heavy (non-hydrogen) atoms. The van der Waals surface area contributed by atoms with Crippen LogP contribution >= 0.6 is 0 Å². The number of aromatic nitrogens is 1. The second-order valence-electron chi connectivity index (χ2n) is 11.3. The van der Waals surface area contributed by atoms with Crippen molar-refractivity contribution in [3.8, 4) is 5.75 Å². The number of nitrogens with zero attached hydrogens (tertiary/aromatic N) is 2. The number of rotatable bonds is 5. The second-order valence-corrected chi connectivity index (χ2v) is 11.3. The molecule has 1 unspecified atom stereocenters. The smallest absolute Gasteiger partial charge is 0.281 e. The van der Waals surface area contributed by atoms with Crippen molar-refractivity contribution in [2.75, 3.05) is 16.8 Å². The zero-order valence-electron chi connectivity index (χ0n) is 22.9. The number of hydrogen-bond acceptors (Lipinski definition) is 6. The Kier molecular flexibility index (Phi) is 6.71. The molecule has 4 aromatic rings. The largest absolute Gasteiger partial charge is 0.506 e. The Labute approximate surface area is 240 Å². The number of aromatic hydroxyl groups is 1. The first kappa shape index (κ1) is 27.4. The summed E-state index contributed by atoms with van der Waals surface area (Å²) < 4.78 is 58.1. The van der Waals surface area contributed by atoms with Crippen LogP contribution in [0.4, 0.5) is 24.5 Å². The Morgan fingerprint density at radius 1 is 1.14 bits per heavy atom. The van der Waals surface area contributed by atoms with Crippen molar-refractivity contribution in [3.05, 3.63) is 119 Å². The molecular weight excluding hydrogens is 547 g/mol. The van der Waals surface area contributed by atoms with E-state index in [2.05, 4.69) is 10.3 Å². The van der Waals surface area contributed by atoms with Gasteiger partial charge in [0.25, 0.3) is 11.8 Å². The van der Waals surface area contributed by atoms with Gasteiger partial charge in [0.15, 0.2) is 12.1 Å². The molecule has 1 atom stereocenters. The van der Waals surface area contributed by atoms with E-state index in [1.807, 2.05) is 13.8 Å². The Bertz CT molecular complexity index is 1670. The molecular formula is C32H28F3N3O4.